The lowest BCUT2D eigenvalue weighted by Crippen LogP contribution is -2.08. The average molecular weight is 309 g/mol. The minimum Gasteiger partial charge on any atom is -0.465 e. The van der Waals surface area contributed by atoms with Crippen LogP contribution in [0.3, 0.4) is 0 Å². The Morgan fingerprint density at radius 3 is 2.89 bits per heavy atom. The van der Waals surface area contributed by atoms with Gasteiger partial charge in [-0.05, 0) is 34.1 Å². The maximum absolute atomic E-state index is 11.5. The van der Waals surface area contributed by atoms with E-state index in [1.807, 2.05) is 24.3 Å². The van der Waals surface area contributed by atoms with Gasteiger partial charge in [0.25, 0.3) is 0 Å². The molecule has 0 saturated heterocycles. The van der Waals surface area contributed by atoms with E-state index in [4.69, 9.17) is 4.74 Å². The molecule has 18 heavy (non-hydrogen) atoms. The van der Waals surface area contributed by atoms with Crippen LogP contribution in [0, 0.1) is 0 Å². The van der Waals surface area contributed by atoms with Gasteiger partial charge in [0, 0.05) is 22.1 Å². The van der Waals surface area contributed by atoms with Gasteiger partial charge in [-0.3, -0.25) is 0 Å². The van der Waals surface area contributed by atoms with Gasteiger partial charge in [-0.25, -0.2) is 4.79 Å². The molecule has 0 atom stereocenters. The Morgan fingerprint density at radius 1 is 1.39 bits per heavy atom. The van der Waals surface area contributed by atoms with E-state index in [1.54, 1.807) is 12.3 Å². The van der Waals surface area contributed by atoms with E-state index in [2.05, 4.69) is 26.2 Å². The number of para-hydroxylation sites is 1. The molecule has 1 aromatic heterocycles. The molecule has 0 spiro atoms. The molecule has 1 heterocycles. The zero-order valence-electron chi connectivity index (χ0n) is 9.87. The molecule has 2 rings (SSSR count). The van der Waals surface area contributed by atoms with Gasteiger partial charge >= 0.3 is 5.97 Å². The van der Waals surface area contributed by atoms with Crippen molar-refractivity contribution in [1.82, 2.24) is 4.98 Å². The first-order valence-corrected chi connectivity index (χ1v) is 6.24. The summed E-state index contributed by atoms with van der Waals surface area (Å²) in [6, 6.07) is 9.53. The van der Waals surface area contributed by atoms with Crippen molar-refractivity contribution in [3.05, 3.63) is 52.3 Å². The van der Waals surface area contributed by atoms with E-state index in [-0.39, 0.29) is 5.97 Å². The van der Waals surface area contributed by atoms with Crippen LogP contribution < -0.4 is 5.32 Å². The molecule has 0 bridgehead atoms. The van der Waals surface area contributed by atoms with Crippen LogP contribution >= 0.6 is 15.9 Å². The summed E-state index contributed by atoms with van der Waals surface area (Å²) in [6.07, 6.45) is 1.73. The van der Waals surface area contributed by atoms with E-state index >= 15 is 0 Å². The number of benzene rings is 1. The number of halogens is 1. The van der Waals surface area contributed by atoms with Crippen molar-refractivity contribution in [2.45, 2.75) is 6.54 Å². The Bertz CT molecular complexity index is 551. The normalized spacial score (nSPS) is 10.1. The summed E-state index contributed by atoms with van der Waals surface area (Å²) >= 11 is 3.46. The van der Waals surface area contributed by atoms with Crippen molar-refractivity contribution >= 4 is 27.6 Å². The zero-order valence-corrected chi connectivity index (χ0v) is 11.5. The highest BCUT2D eigenvalue weighted by Gasteiger charge is 2.12. The minimum atomic E-state index is -0.333. The molecule has 0 aliphatic carbocycles. The lowest BCUT2D eigenvalue weighted by Gasteiger charge is -2.08. The number of rotatable bonds is 4. The van der Waals surface area contributed by atoms with Crippen molar-refractivity contribution in [2.24, 2.45) is 0 Å². The fourth-order valence-electron chi connectivity index (χ4n) is 1.64. The summed E-state index contributed by atoms with van der Waals surface area (Å²) in [5.41, 5.74) is 2.33. The summed E-state index contributed by atoms with van der Waals surface area (Å²) in [6.45, 7) is 0.528. The number of ether oxygens (including phenoxy) is 1. The number of anilines is 1. The van der Waals surface area contributed by atoms with Gasteiger partial charge in [0.05, 0.1) is 19.2 Å². The molecule has 0 aliphatic rings. The molecule has 94 valence electrons. The van der Waals surface area contributed by atoms with E-state index in [0.717, 1.165) is 15.9 Å². The van der Waals surface area contributed by atoms with Gasteiger partial charge in [0.1, 0.15) is 0 Å². The van der Waals surface area contributed by atoms with Gasteiger partial charge < -0.3 is 15.0 Å². The van der Waals surface area contributed by atoms with E-state index in [9.17, 15) is 4.79 Å². The van der Waals surface area contributed by atoms with E-state index in [0.29, 0.717) is 12.1 Å². The molecule has 4 nitrogen and oxygen atoms in total. The van der Waals surface area contributed by atoms with Crippen molar-refractivity contribution in [1.29, 1.82) is 0 Å². The number of hydrogen-bond donors (Lipinski definition) is 2. The average Bonchev–Trinajstić information content (AvgIpc) is 2.85. The topological polar surface area (TPSA) is 54.1 Å². The third-order valence-electron chi connectivity index (χ3n) is 2.57. The number of aromatic nitrogens is 1. The Balaban J connectivity index is 2.09. The molecule has 0 amide bonds. The lowest BCUT2D eigenvalue weighted by molar-refractivity contribution is 0.0600. The second-order valence-electron chi connectivity index (χ2n) is 3.69. The molecule has 0 radical (unpaired) electrons. The number of H-pyrrole nitrogens is 1. The molecule has 2 aromatic rings. The molecule has 0 unspecified atom stereocenters. The van der Waals surface area contributed by atoms with Crippen LogP contribution in [-0.2, 0) is 11.3 Å². The van der Waals surface area contributed by atoms with Crippen LogP contribution in [0.1, 0.15) is 16.1 Å². The first kappa shape index (κ1) is 12.7. The quantitative estimate of drug-likeness (QED) is 0.853. The predicted molar refractivity (Wildman–Crippen MR) is 73.6 cm³/mol. The van der Waals surface area contributed by atoms with Crippen molar-refractivity contribution in [3.63, 3.8) is 0 Å². The SMILES string of the molecule is COC(=O)c1cc[nH]c1CNc1ccccc1Br. The monoisotopic (exact) mass is 308 g/mol. The summed E-state index contributed by atoms with van der Waals surface area (Å²) in [4.78, 5) is 14.5. The minimum absolute atomic E-state index is 0.333. The summed E-state index contributed by atoms with van der Waals surface area (Å²) in [5.74, 6) is -0.333. The molecular weight excluding hydrogens is 296 g/mol. The number of carbonyl (C=O) groups excluding carboxylic acids is 1. The van der Waals surface area contributed by atoms with Gasteiger partial charge in [-0.1, -0.05) is 12.1 Å². The molecule has 2 N–H and O–H groups in total. The Kier molecular flexibility index (Phi) is 4.04. The highest BCUT2D eigenvalue weighted by molar-refractivity contribution is 9.10. The third-order valence-corrected chi connectivity index (χ3v) is 3.26. The zero-order chi connectivity index (χ0) is 13.0. The summed E-state index contributed by atoms with van der Waals surface area (Å²) < 4.78 is 5.70. The molecule has 5 heteroatoms. The molecule has 0 saturated carbocycles. The van der Waals surface area contributed by atoms with Gasteiger partial charge in [-0.2, -0.15) is 0 Å². The van der Waals surface area contributed by atoms with Crippen LogP contribution in [0.2, 0.25) is 0 Å². The highest BCUT2D eigenvalue weighted by atomic mass is 79.9. The van der Waals surface area contributed by atoms with Gasteiger partial charge in [0.2, 0.25) is 0 Å². The molecule has 0 fully saturated rings. The Morgan fingerprint density at radius 2 is 2.17 bits per heavy atom. The van der Waals surface area contributed by atoms with Crippen LogP contribution in [0.4, 0.5) is 5.69 Å². The molecule has 0 aliphatic heterocycles. The maximum atomic E-state index is 11.5. The standard InChI is InChI=1S/C13H13BrN2O2/c1-18-13(17)9-6-7-15-12(9)8-16-11-5-3-2-4-10(11)14/h2-7,15-16H,8H2,1H3. The first-order chi connectivity index (χ1) is 8.72. The number of carbonyl (C=O) groups is 1. The van der Waals surface area contributed by atoms with Crippen molar-refractivity contribution in [3.8, 4) is 0 Å². The number of hydrogen-bond acceptors (Lipinski definition) is 3. The Labute approximate surface area is 113 Å². The Hall–Kier alpha value is -1.75. The molecular formula is C13H13BrN2O2. The predicted octanol–water partition coefficient (Wildman–Crippen LogP) is 3.18. The van der Waals surface area contributed by atoms with Crippen LogP contribution in [0.15, 0.2) is 41.0 Å². The number of nitrogens with one attached hydrogen (secondary N) is 2. The van der Waals surface area contributed by atoms with Crippen molar-refractivity contribution in [2.75, 3.05) is 12.4 Å². The fourth-order valence-corrected chi connectivity index (χ4v) is 2.06. The third kappa shape index (κ3) is 2.73. The number of aromatic amines is 1. The van der Waals surface area contributed by atoms with Crippen LogP contribution in [0.5, 0.6) is 0 Å². The number of methoxy groups -OCH3 is 1. The van der Waals surface area contributed by atoms with Gasteiger partial charge in [0.15, 0.2) is 0 Å². The maximum Gasteiger partial charge on any atom is 0.339 e. The van der Waals surface area contributed by atoms with Crippen LogP contribution in [-0.4, -0.2) is 18.1 Å². The van der Waals surface area contributed by atoms with E-state index < -0.39 is 0 Å². The first-order valence-electron chi connectivity index (χ1n) is 5.45. The second kappa shape index (κ2) is 5.73. The summed E-state index contributed by atoms with van der Waals surface area (Å²) in [7, 11) is 1.38. The van der Waals surface area contributed by atoms with Crippen LogP contribution in [0.25, 0.3) is 0 Å². The summed E-state index contributed by atoms with van der Waals surface area (Å²) in [5, 5.41) is 3.25. The smallest absolute Gasteiger partial charge is 0.339 e. The van der Waals surface area contributed by atoms with E-state index in [1.165, 1.54) is 7.11 Å². The fraction of sp³-hybridized carbons (Fsp3) is 0.154. The highest BCUT2D eigenvalue weighted by Crippen LogP contribution is 2.22. The van der Waals surface area contributed by atoms with Crippen molar-refractivity contribution < 1.29 is 9.53 Å². The lowest BCUT2D eigenvalue weighted by atomic mass is 10.2. The van der Waals surface area contributed by atoms with Gasteiger partial charge in [-0.15, -0.1) is 0 Å². The number of esters is 1. The largest absolute Gasteiger partial charge is 0.465 e. The molecule has 1 aromatic carbocycles. The second-order valence-corrected chi connectivity index (χ2v) is 4.55.